The molecule has 1 saturated heterocycles. The summed E-state index contributed by atoms with van der Waals surface area (Å²) in [6, 6.07) is 5.17. The lowest BCUT2D eigenvalue weighted by molar-refractivity contribution is -0.139. The van der Waals surface area contributed by atoms with Crippen LogP contribution in [-0.2, 0) is 4.79 Å². The molecular weight excluding hydrogens is 387 g/mol. The first-order valence-corrected chi connectivity index (χ1v) is 9.58. The van der Waals surface area contributed by atoms with Crippen LogP contribution in [0.25, 0.3) is 16.6 Å². The van der Waals surface area contributed by atoms with Crippen molar-refractivity contribution >= 4 is 45.9 Å². The van der Waals surface area contributed by atoms with Crippen LogP contribution >= 0.6 is 23.2 Å². The Hall–Kier alpha value is -2.31. The minimum atomic E-state index is -0.800. The maximum atomic E-state index is 11.9. The predicted octanol–water partition coefficient (Wildman–Crippen LogP) is 4.17. The van der Waals surface area contributed by atoms with Gasteiger partial charge in [-0.05, 0) is 37.3 Å². The van der Waals surface area contributed by atoms with Crippen molar-refractivity contribution in [2.45, 2.75) is 31.3 Å². The van der Waals surface area contributed by atoms with Gasteiger partial charge in [0.05, 0.1) is 27.6 Å². The van der Waals surface area contributed by atoms with E-state index in [-0.39, 0.29) is 12.0 Å². The second kappa shape index (κ2) is 6.11. The van der Waals surface area contributed by atoms with Crippen molar-refractivity contribution in [3.8, 4) is 5.69 Å². The SMILES string of the molecule is O=C(O)[C@@H]1[C@H]2CCC(C2)N1c1cc(-n2ccnc2)c2ccc(Cl)c(Cl)c2n1. The summed E-state index contributed by atoms with van der Waals surface area (Å²) in [5.74, 6) is -0.0167. The molecule has 3 heterocycles. The Bertz CT molecular complexity index is 1050. The van der Waals surface area contributed by atoms with Crippen molar-refractivity contribution < 1.29 is 9.90 Å². The lowest BCUT2D eigenvalue weighted by atomic mass is 9.98. The normalized spacial score (nSPS) is 24.1. The zero-order valence-corrected chi connectivity index (χ0v) is 15.7. The van der Waals surface area contributed by atoms with Crippen molar-refractivity contribution in [2.75, 3.05) is 4.90 Å². The number of benzene rings is 1. The van der Waals surface area contributed by atoms with Gasteiger partial charge in [0.15, 0.2) is 0 Å². The average molecular weight is 403 g/mol. The topological polar surface area (TPSA) is 71.2 Å². The largest absolute Gasteiger partial charge is 0.480 e. The van der Waals surface area contributed by atoms with E-state index in [2.05, 4.69) is 4.98 Å². The van der Waals surface area contributed by atoms with Gasteiger partial charge >= 0.3 is 5.97 Å². The lowest BCUT2D eigenvalue weighted by Crippen LogP contribution is -2.46. The van der Waals surface area contributed by atoms with Crippen molar-refractivity contribution in [3.05, 3.63) is 47.0 Å². The Morgan fingerprint density at radius 1 is 1.26 bits per heavy atom. The molecule has 0 radical (unpaired) electrons. The molecule has 2 bridgehead atoms. The van der Waals surface area contributed by atoms with Crippen LogP contribution in [0.2, 0.25) is 10.0 Å². The Morgan fingerprint density at radius 3 is 2.85 bits per heavy atom. The maximum absolute atomic E-state index is 11.9. The Kier molecular flexibility index (Phi) is 3.81. The van der Waals surface area contributed by atoms with Gasteiger partial charge in [0.2, 0.25) is 0 Å². The standard InChI is InChI=1S/C19H16Cl2N4O2/c20-13-4-3-12-14(24-6-5-22-9-24)8-15(23-17(12)16(13)21)25-11-2-1-10(7-11)18(25)19(26)27/h3-6,8-11,18H,1-2,7H2,(H,26,27)/t10-,11?,18-/m0/s1. The van der Waals surface area contributed by atoms with Crippen LogP contribution < -0.4 is 4.90 Å². The van der Waals surface area contributed by atoms with E-state index in [0.717, 1.165) is 30.3 Å². The first-order chi connectivity index (χ1) is 13.0. The molecule has 6 nitrogen and oxygen atoms in total. The van der Waals surface area contributed by atoms with E-state index in [0.29, 0.717) is 21.4 Å². The summed E-state index contributed by atoms with van der Waals surface area (Å²) in [5, 5.41) is 11.4. The average Bonchev–Trinajstić information content (AvgIpc) is 3.40. The van der Waals surface area contributed by atoms with E-state index < -0.39 is 12.0 Å². The van der Waals surface area contributed by atoms with Crippen LogP contribution in [0, 0.1) is 5.92 Å². The van der Waals surface area contributed by atoms with Crippen LogP contribution in [-0.4, -0.2) is 37.7 Å². The number of aromatic nitrogens is 3. The van der Waals surface area contributed by atoms with E-state index in [1.807, 2.05) is 27.8 Å². The van der Waals surface area contributed by atoms with Crippen molar-refractivity contribution in [2.24, 2.45) is 5.92 Å². The number of piperidine rings is 1. The highest BCUT2D eigenvalue weighted by Crippen LogP contribution is 2.45. The number of aliphatic carboxylic acids is 1. The second-order valence-corrected chi connectivity index (χ2v) is 7.93. The van der Waals surface area contributed by atoms with E-state index >= 15 is 0 Å². The van der Waals surface area contributed by atoms with Gasteiger partial charge in [-0.3, -0.25) is 0 Å². The minimum absolute atomic E-state index is 0.163. The molecule has 8 heteroatoms. The number of carboxylic acid groups (broad SMARTS) is 1. The van der Waals surface area contributed by atoms with Crippen LogP contribution in [0.4, 0.5) is 5.82 Å². The fourth-order valence-corrected chi connectivity index (χ4v) is 4.95. The van der Waals surface area contributed by atoms with Gasteiger partial charge < -0.3 is 14.6 Å². The monoisotopic (exact) mass is 402 g/mol. The molecule has 0 spiro atoms. The molecule has 2 aliphatic rings. The van der Waals surface area contributed by atoms with Crippen LogP contribution in [0.3, 0.4) is 0 Å². The van der Waals surface area contributed by atoms with E-state index in [1.54, 1.807) is 18.6 Å². The number of imidazole rings is 1. The number of hydrogen-bond acceptors (Lipinski definition) is 4. The van der Waals surface area contributed by atoms with E-state index in [1.165, 1.54) is 0 Å². The molecule has 138 valence electrons. The fourth-order valence-electron chi connectivity index (χ4n) is 4.59. The van der Waals surface area contributed by atoms with Crippen LogP contribution in [0.15, 0.2) is 36.9 Å². The van der Waals surface area contributed by atoms with Gasteiger partial charge in [-0.2, -0.15) is 0 Å². The number of anilines is 1. The zero-order valence-electron chi connectivity index (χ0n) is 14.2. The quantitative estimate of drug-likeness (QED) is 0.711. The number of carbonyl (C=O) groups is 1. The molecular formula is C19H16Cl2N4O2. The first kappa shape index (κ1) is 16.8. The highest BCUT2D eigenvalue weighted by Gasteiger charge is 2.50. The molecule has 27 heavy (non-hydrogen) atoms. The lowest BCUT2D eigenvalue weighted by Gasteiger charge is -2.34. The molecule has 3 atom stereocenters. The van der Waals surface area contributed by atoms with Crippen molar-refractivity contribution in [1.29, 1.82) is 0 Å². The maximum Gasteiger partial charge on any atom is 0.326 e. The molecule has 1 aliphatic carbocycles. The van der Waals surface area contributed by atoms with Crippen LogP contribution in [0.5, 0.6) is 0 Å². The van der Waals surface area contributed by atoms with Gasteiger partial charge in [-0.15, -0.1) is 0 Å². The molecule has 2 fully saturated rings. The summed E-state index contributed by atoms with van der Waals surface area (Å²) >= 11 is 12.7. The molecule has 1 unspecified atom stereocenters. The summed E-state index contributed by atoms with van der Waals surface area (Å²) in [7, 11) is 0. The van der Waals surface area contributed by atoms with Gasteiger partial charge in [0.1, 0.15) is 11.9 Å². The smallest absolute Gasteiger partial charge is 0.326 e. The summed E-state index contributed by atoms with van der Waals surface area (Å²) in [4.78, 5) is 22.8. The number of rotatable bonds is 3. The molecule has 0 amide bonds. The predicted molar refractivity (Wildman–Crippen MR) is 104 cm³/mol. The highest BCUT2D eigenvalue weighted by atomic mass is 35.5. The molecule has 1 N–H and O–H groups in total. The third kappa shape index (κ3) is 2.51. The third-order valence-electron chi connectivity index (χ3n) is 5.72. The van der Waals surface area contributed by atoms with Crippen molar-refractivity contribution in [3.63, 3.8) is 0 Å². The van der Waals surface area contributed by atoms with E-state index in [9.17, 15) is 9.90 Å². The minimum Gasteiger partial charge on any atom is -0.480 e. The Morgan fingerprint density at radius 2 is 2.11 bits per heavy atom. The Balaban J connectivity index is 1.76. The third-order valence-corrected chi connectivity index (χ3v) is 6.52. The molecule has 2 aromatic heterocycles. The van der Waals surface area contributed by atoms with Crippen LogP contribution in [0.1, 0.15) is 19.3 Å². The number of halogens is 2. The number of carboxylic acids is 1. The first-order valence-electron chi connectivity index (χ1n) is 8.83. The summed E-state index contributed by atoms with van der Waals surface area (Å²) in [5.41, 5.74) is 1.41. The molecule has 1 aliphatic heterocycles. The highest BCUT2D eigenvalue weighted by molar-refractivity contribution is 6.45. The molecule has 1 saturated carbocycles. The zero-order chi connectivity index (χ0) is 18.7. The molecule has 5 rings (SSSR count). The van der Waals surface area contributed by atoms with E-state index in [4.69, 9.17) is 28.2 Å². The fraction of sp³-hybridized carbons (Fsp3) is 0.316. The number of hydrogen-bond donors (Lipinski definition) is 1. The van der Waals surface area contributed by atoms with Gasteiger partial charge in [0.25, 0.3) is 0 Å². The number of fused-ring (bicyclic) bond motifs is 3. The Labute approximate surface area is 165 Å². The number of nitrogens with zero attached hydrogens (tertiary/aromatic N) is 4. The summed E-state index contributed by atoms with van der Waals surface area (Å²) in [6.07, 6.45) is 8.06. The van der Waals surface area contributed by atoms with Gasteiger partial charge in [-0.1, -0.05) is 23.2 Å². The second-order valence-electron chi connectivity index (χ2n) is 7.14. The van der Waals surface area contributed by atoms with Gasteiger partial charge in [0, 0.05) is 29.9 Å². The number of pyridine rings is 1. The van der Waals surface area contributed by atoms with Gasteiger partial charge in [-0.25, -0.2) is 14.8 Å². The molecule has 3 aromatic rings. The summed E-state index contributed by atoms with van der Waals surface area (Å²) in [6.45, 7) is 0. The van der Waals surface area contributed by atoms with Crippen molar-refractivity contribution in [1.82, 2.24) is 14.5 Å². The summed E-state index contributed by atoms with van der Waals surface area (Å²) < 4.78 is 1.88. The molecule has 1 aromatic carbocycles.